The largest absolute Gasteiger partial charge is 0.497 e. The van der Waals surface area contributed by atoms with E-state index in [1.54, 1.807) is 31.4 Å². The molecular weight excluding hydrogens is 220 g/mol. The Kier molecular flexibility index (Phi) is 4.38. The van der Waals surface area contributed by atoms with E-state index in [9.17, 15) is 10.2 Å². The second-order valence-corrected chi connectivity index (χ2v) is 3.79. The molecule has 1 aromatic carbocycles. The Labute approximate surface area is 101 Å². The fourth-order valence-corrected chi connectivity index (χ4v) is 1.11. The van der Waals surface area contributed by atoms with E-state index in [0.717, 1.165) is 0 Å². The van der Waals surface area contributed by atoms with Gasteiger partial charge in [0.25, 0.3) is 0 Å². The predicted octanol–water partition coefficient (Wildman–Crippen LogP) is 0.819. The van der Waals surface area contributed by atoms with Crippen molar-refractivity contribution >= 4 is 0 Å². The van der Waals surface area contributed by atoms with Crippen molar-refractivity contribution < 1.29 is 19.7 Å². The van der Waals surface area contributed by atoms with Gasteiger partial charge in [0.05, 0.1) is 7.11 Å². The van der Waals surface area contributed by atoms with Crippen LogP contribution in [0.15, 0.2) is 24.3 Å². The summed E-state index contributed by atoms with van der Waals surface area (Å²) in [6.07, 6.45) is 3.94. The Hall–Kier alpha value is -1.70. The second kappa shape index (κ2) is 5.58. The van der Waals surface area contributed by atoms with E-state index in [0.29, 0.717) is 11.5 Å². The number of aliphatic hydroxyl groups excluding tert-OH is 1. The number of rotatable bonds is 5. The predicted molar refractivity (Wildman–Crippen MR) is 64.0 cm³/mol. The standard InChI is InChI=1S/C13H16O4/c1-4-13(2,15)12(14)9-17-11-7-5-10(16-3)6-8-11/h1,5-8,12,14-15H,9H2,2-3H3/t12-,13+/m0/s1. The molecule has 1 rings (SSSR count). The van der Waals surface area contributed by atoms with Gasteiger partial charge in [0, 0.05) is 0 Å². The van der Waals surface area contributed by atoms with Gasteiger partial charge in [-0.1, -0.05) is 5.92 Å². The van der Waals surface area contributed by atoms with Gasteiger partial charge in [0.1, 0.15) is 24.2 Å². The molecule has 0 aromatic heterocycles. The van der Waals surface area contributed by atoms with Crippen LogP contribution < -0.4 is 9.47 Å². The Balaban J connectivity index is 2.53. The zero-order valence-corrected chi connectivity index (χ0v) is 9.88. The first-order chi connectivity index (χ1) is 7.99. The van der Waals surface area contributed by atoms with Crippen molar-refractivity contribution in [1.29, 1.82) is 0 Å². The SMILES string of the molecule is C#C[C@@](C)(O)[C@@H](O)COc1ccc(OC)cc1. The highest BCUT2D eigenvalue weighted by atomic mass is 16.5. The van der Waals surface area contributed by atoms with E-state index in [-0.39, 0.29) is 6.61 Å². The summed E-state index contributed by atoms with van der Waals surface area (Å²) in [5, 5.41) is 19.2. The molecule has 4 nitrogen and oxygen atoms in total. The monoisotopic (exact) mass is 236 g/mol. The Morgan fingerprint density at radius 2 is 1.88 bits per heavy atom. The molecule has 0 aliphatic carbocycles. The number of hydrogen-bond acceptors (Lipinski definition) is 4. The van der Waals surface area contributed by atoms with E-state index in [1.807, 2.05) is 0 Å². The lowest BCUT2D eigenvalue weighted by molar-refractivity contribution is -0.0407. The van der Waals surface area contributed by atoms with Crippen molar-refractivity contribution in [3.05, 3.63) is 24.3 Å². The van der Waals surface area contributed by atoms with E-state index in [2.05, 4.69) is 5.92 Å². The van der Waals surface area contributed by atoms with Crippen molar-refractivity contribution in [2.24, 2.45) is 0 Å². The first-order valence-electron chi connectivity index (χ1n) is 5.14. The average molecular weight is 236 g/mol. The summed E-state index contributed by atoms with van der Waals surface area (Å²) in [6.45, 7) is 1.28. The number of hydrogen-bond donors (Lipinski definition) is 2. The van der Waals surface area contributed by atoms with E-state index in [4.69, 9.17) is 15.9 Å². The summed E-state index contributed by atoms with van der Waals surface area (Å²) in [5.74, 6) is 3.38. The van der Waals surface area contributed by atoms with Crippen LogP contribution in [0.25, 0.3) is 0 Å². The molecule has 92 valence electrons. The Morgan fingerprint density at radius 3 is 2.35 bits per heavy atom. The Morgan fingerprint density at radius 1 is 1.35 bits per heavy atom. The van der Waals surface area contributed by atoms with E-state index < -0.39 is 11.7 Å². The molecule has 4 heteroatoms. The van der Waals surface area contributed by atoms with Crippen molar-refractivity contribution in [2.75, 3.05) is 13.7 Å². The molecule has 0 aliphatic rings. The molecule has 0 aliphatic heterocycles. The zero-order valence-electron chi connectivity index (χ0n) is 9.88. The van der Waals surface area contributed by atoms with Crippen molar-refractivity contribution in [1.82, 2.24) is 0 Å². The molecule has 0 amide bonds. The molecule has 2 atom stereocenters. The third-order valence-corrected chi connectivity index (χ3v) is 2.41. The molecule has 0 saturated heterocycles. The Bertz CT molecular complexity index is 389. The van der Waals surface area contributed by atoms with Crippen LogP contribution in [0.3, 0.4) is 0 Å². The molecule has 0 saturated carbocycles. The highest BCUT2D eigenvalue weighted by Crippen LogP contribution is 2.18. The third-order valence-electron chi connectivity index (χ3n) is 2.41. The maximum atomic E-state index is 9.60. The molecule has 0 unspecified atom stereocenters. The molecule has 1 aromatic rings. The van der Waals surface area contributed by atoms with Crippen molar-refractivity contribution in [3.63, 3.8) is 0 Å². The van der Waals surface area contributed by atoms with Crippen LogP contribution in [0, 0.1) is 12.3 Å². The van der Waals surface area contributed by atoms with Gasteiger partial charge in [-0.25, -0.2) is 0 Å². The van der Waals surface area contributed by atoms with Gasteiger partial charge in [0.15, 0.2) is 5.60 Å². The molecule has 0 bridgehead atoms. The van der Waals surface area contributed by atoms with Gasteiger partial charge in [0.2, 0.25) is 0 Å². The first kappa shape index (κ1) is 13.4. The molecule has 17 heavy (non-hydrogen) atoms. The fraction of sp³-hybridized carbons (Fsp3) is 0.385. The quantitative estimate of drug-likeness (QED) is 0.743. The third kappa shape index (κ3) is 3.66. The molecule has 0 fully saturated rings. The summed E-state index contributed by atoms with van der Waals surface area (Å²) in [6, 6.07) is 6.88. The summed E-state index contributed by atoms with van der Waals surface area (Å²) >= 11 is 0. The maximum Gasteiger partial charge on any atom is 0.151 e. The first-order valence-corrected chi connectivity index (χ1v) is 5.14. The van der Waals surface area contributed by atoms with Crippen LogP contribution >= 0.6 is 0 Å². The van der Waals surface area contributed by atoms with Crippen LogP contribution in [0.1, 0.15) is 6.92 Å². The molecule has 2 N–H and O–H groups in total. The zero-order chi connectivity index (χ0) is 12.9. The summed E-state index contributed by atoms with van der Waals surface area (Å²) < 4.78 is 10.3. The second-order valence-electron chi connectivity index (χ2n) is 3.79. The average Bonchev–Trinajstić information content (AvgIpc) is 2.36. The number of methoxy groups -OCH3 is 1. The van der Waals surface area contributed by atoms with E-state index >= 15 is 0 Å². The lowest BCUT2D eigenvalue weighted by atomic mass is 10.0. The van der Waals surface area contributed by atoms with Crippen molar-refractivity contribution in [3.8, 4) is 23.8 Å². The summed E-state index contributed by atoms with van der Waals surface area (Å²) in [4.78, 5) is 0. The smallest absolute Gasteiger partial charge is 0.151 e. The van der Waals surface area contributed by atoms with Crippen molar-refractivity contribution in [2.45, 2.75) is 18.6 Å². The maximum absolute atomic E-state index is 9.60. The minimum atomic E-state index is -1.59. The lowest BCUT2D eigenvalue weighted by Gasteiger charge is -2.23. The normalized spacial score (nSPS) is 15.5. The van der Waals surface area contributed by atoms with Crippen LogP contribution in [0.2, 0.25) is 0 Å². The van der Waals surface area contributed by atoms with Crippen LogP contribution in [-0.4, -0.2) is 35.6 Å². The minimum Gasteiger partial charge on any atom is -0.497 e. The summed E-state index contributed by atoms with van der Waals surface area (Å²) in [7, 11) is 1.57. The summed E-state index contributed by atoms with van der Waals surface area (Å²) in [5.41, 5.74) is -1.59. The number of aliphatic hydroxyl groups is 2. The molecule has 0 radical (unpaired) electrons. The fourth-order valence-electron chi connectivity index (χ4n) is 1.11. The van der Waals surface area contributed by atoms with E-state index in [1.165, 1.54) is 6.92 Å². The van der Waals surface area contributed by atoms with Crippen LogP contribution in [0.5, 0.6) is 11.5 Å². The number of terminal acetylenes is 1. The number of benzene rings is 1. The topological polar surface area (TPSA) is 58.9 Å². The van der Waals surface area contributed by atoms with Crippen LogP contribution in [0.4, 0.5) is 0 Å². The number of ether oxygens (including phenoxy) is 2. The molecule has 0 heterocycles. The lowest BCUT2D eigenvalue weighted by Crippen LogP contribution is -2.41. The van der Waals surface area contributed by atoms with Gasteiger partial charge in [-0.05, 0) is 31.2 Å². The van der Waals surface area contributed by atoms with Gasteiger partial charge < -0.3 is 19.7 Å². The minimum absolute atomic E-state index is 0.0798. The highest BCUT2D eigenvalue weighted by molar-refractivity contribution is 5.31. The highest BCUT2D eigenvalue weighted by Gasteiger charge is 2.28. The molecular formula is C13H16O4. The van der Waals surface area contributed by atoms with Gasteiger partial charge in [-0.15, -0.1) is 6.42 Å². The van der Waals surface area contributed by atoms with Gasteiger partial charge >= 0.3 is 0 Å². The van der Waals surface area contributed by atoms with Gasteiger partial charge in [-0.2, -0.15) is 0 Å². The van der Waals surface area contributed by atoms with Gasteiger partial charge in [-0.3, -0.25) is 0 Å². The molecule has 0 spiro atoms. The van der Waals surface area contributed by atoms with Crippen LogP contribution in [-0.2, 0) is 0 Å².